The molecule has 1 aliphatic rings. The second-order valence-electron chi connectivity index (χ2n) is 6.57. The van der Waals surface area contributed by atoms with E-state index in [1.165, 1.54) is 7.11 Å². The minimum Gasteiger partial charge on any atom is -0.484 e. The van der Waals surface area contributed by atoms with Gasteiger partial charge in [0.1, 0.15) is 5.75 Å². The molecule has 3 rings (SSSR count). The summed E-state index contributed by atoms with van der Waals surface area (Å²) in [5, 5.41) is 3.48. The fourth-order valence-electron chi connectivity index (χ4n) is 3.00. The lowest BCUT2D eigenvalue weighted by Crippen LogP contribution is -2.37. The average molecular weight is 419 g/mol. The van der Waals surface area contributed by atoms with Crippen LogP contribution in [0, 0.1) is 6.92 Å². The highest BCUT2D eigenvalue weighted by atomic mass is 35.5. The Kier molecular flexibility index (Phi) is 6.95. The first-order valence-corrected chi connectivity index (χ1v) is 9.59. The molecule has 7 nitrogen and oxygen atoms in total. The molecule has 2 aromatic carbocycles. The Labute approximate surface area is 174 Å². The van der Waals surface area contributed by atoms with Gasteiger partial charge in [-0.25, -0.2) is 4.79 Å². The smallest absolute Gasteiger partial charge is 0.337 e. The van der Waals surface area contributed by atoms with Crippen molar-refractivity contribution in [2.24, 2.45) is 0 Å². The van der Waals surface area contributed by atoms with E-state index < -0.39 is 5.97 Å². The number of anilines is 2. The number of amides is 1. The Bertz CT molecular complexity index is 897. The number of nitrogens with zero attached hydrogens (tertiary/aromatic N) is 1. The zero-order valence-electron chi connectivity index (χ0n) is 16.4. The van der Waals surface area contributed by atoms with Crippen molar-refractivity contribution < 1.29 is 23.8 Å². The van der Waals surface area contributed by atoms with Gasteiger partial charge in [0.2, 0.25) is 0 Å². The summed E-state index contributed by atoms with van der Waals surface area (Å²) in [7, 11) is 1.32. The molecule has 0 aliphatic carbocycles. The van der Waals surface area contributed by atoms with Gasteiger partial charge in [-0.3, -0.25) is 4.79 Å². The molecule has 2 aromatic rings. The minimum absolute atomic E-state index is 0.175. The van der Waals surface area contributed by atoms with Crippen LogP contribution in [0.1, 0.15) is 15.9 Å². The van der Waals surface area contributed by atoms with E-state index in [1.807, 2.05) is 6.92 Å². The van der Waals surface area contributed by atoms with E-state index in [0.29, 0.717) is 48.3 Å². The Morgan fingerprint density at radius 2 is 1.93 bits per heavy atom. The van der Waals surface area contributed by atoms with Crippen molar-refractivity contribution in [1.82, 2.24) is 0 Å². The third-order valence-electron chi connectivity index (χ3n) is 4.54. The van der Waals surface area contributed by atoms with Crippen LogP contribution in [0.3, 0.4) is 0 Å². The molecular weight excluding hydrogens is 396 g/mol. The standard InChI is InChI=1S/C21H23ClN2O5/c1-14-11-16(4-5-17(14)22)29-13-20(25)23-18-12-15(21(26)27-2)3-6-19(18)24-7-9-28-10-8-24/h3-6,11-12H,7-10,13H2,1-2H3,(H,23,25). The Morgan fingerprint density at radius 3 is 2.62 bits per heavy atom. The molecule has 1 aliphatic heterocycles. The first-order chi connectivity index (χ1) is 14.0. The van der Waals surface area contributed by atoms with E-state index in [-0.39, 0.29) is 12.5 Å². The van der Waals surface area contributed by atoms with Gasteiger partial charge in [-0.15, -0.1) is 0 Å². The van der Waals surface area contributed by atoms with Crippen LogP contribution in [0.2, 0.25) is 5.02 Å². The molecule has 0 radical (unpaired) electrons. The van der Waals surface area contributed by atoms with Gasteiger partial charge < -0.3 is 24.4 Å². The third-order valence-corrected chi connectivity index (χ3v) is 4.97. The van der Waals surface area contributed by atoms with E-state index in [9.17, 15) is 9.59 Å². The minimum atomic E-state index is -0.470. The van der Waals surface area contributed by atoms with Gasteiger partial charge in [0.05, 0.1) is 37.3 Å². The highest BCUT2D eigenvalue weighted by molar-refractivity contribution is 6.31. The number of hydrogen-bond donors (Lipinski definition) is 1. The van der Waals surface area contributed by atoms with E-state index in [2.05, 4.69) is 10.2 Å². The second-order valence-corrected chi connectivity index (χ2v) is 6.98. The Hall–Kier alpha value is -2.77. The summed E-state index contributed by atoms with van der Waals surface area (Å²) in [6.07, 6.45) is 0. The summed E-state index contributed by atoms with van der Waals surface area (Å²) in [5.74, 6) is -0.255. The third kappa shape index (κ3) is 5.40. The maximum absolute atomic E-state index is 12.5. The number of hydrogen-bond acceptors (Lipinski definition) is 6. The quantitative estimate of drug-likeness (QED) is 0.725. The fourth-order valence-corrected chi connectivity index (χ4v) is 3.12. The van der Waals surface area contributed by atoms with Crippen LogP contribution < -0.4 is 15.0 Å². The van der Waals surface area contributed by atoms with Crippen LogP contribution in [0.15, 0.2) is 36.4 Å². The van der Waals surface area contributed by atoms with Crippen LogP contribution in [0.5, 0.6) is 5.75 Å². The van der Waals surface area contributed by atoms with E-state index in [4.69, 9.17) is 25.8 Å². The number of ether oxygens (including phenoxy) is 3. The molecule has 0 spiro atoms. The first-order valence-electron chi connectivity index (χ1n) is 9.22. The number of esters is 1. The summed E-state index contributed by atoms with van der Waals surface area (Å²) < 4.78 is 15.7. The van der Waals surface area contributed by atoms with Crippen LogP contribution in [0.25, 0.3) is 0 Å². The summed E-state index contributed by atoms with van der Waals surface area (Å²) in [6, 6.07) is 10.3. The van der Waals surface area contributed by atoms with Crippen molar-refractivity contribution >= 4 is 34.9 Å². The first kappa shape index (κ1) is 21.0. The lowest BCUT2D eigenvalue weighted by atomic mass is 10.1. The molecule has 0 aromatic heterocycles. The molecule has 0 unspecified atom stereocenters. The fraction of sp³-hybridized carbons (Fsp3) is 0.333. The van der Waals surface area contributed by atoms with Crippen LogP contribution in [-0.4, -0.2) is 51.9 Å². The van der Waals surface area contributed by atoms with Gasteiger partial charge in [0, 0.05) is 18.1 Å². The number of aryl methyl sites for hydroxylation is 1. The summed E-state index contributed by atoms with van der Waals surface area (Å²) in [5.41, 5.74) is 2.56. The van der Waals surface area contributed by atoms with E-state index in [0.717, 1.165) is 11.3 Å². The maximum atomic E-state index is 12.5. The maximum Gasteiger partial charge on any atom is 0.337 e. The van der Waals surface area contributed by atoms with Gasteiger partial charge >= 0.3 is 5.97 Å². The van der Waals surface area contributed by atoms with Gasteiger partial charge in [0.15, 0.2) is 6.61 Å². The monoisotopic (exact) mass is 418 g/mol. The molecule has 1 saturated heterocycles. The van der Waals surface area contributed by atoms with E-state index >= 15 is 0 Å². The van der Waals surface area contributed by atoms with Crippen molar-refractivity contribution in [3.05, 3.63) is 52.5 Å². The van der Waals surface area contributed by atoms with Gasteiger partial charge in [-0.05, 0) is 48.9 Å². The second kappa shape index (κ2) is 9.62. The number of carbonyl (C=O) groups excluding carboxylic acids is 2. The van der Waals surface area contributed by atoms with E-state index in [1.54, 1.807) is 36.4 Å². The number of morpholine rings is 1. The summed E-state index contributed by atoms with van der Waals surface area (Å²) in [6.45, 7) is 4.28. The lowest BCUT2D eigenvalue weighted by molar-refractivity contribution is -0.118. The average Bonchev–Trinajstić information content (AvgIpc) is 2.74. The predicted molar refractivity (Wildman–Crippen MR) is 111 cm³/mol. The van der Waals surface area contributed by atoms with Gasteiger partial charge in [0.25, 0.3) is 5.91 Å². The number of benzene rings is 2. The lowest BCUT2D eigenvalue weighted by Gasteiger charge is -2.30. The van der Waals surface area contributed by atoms with Crippen LogP contribution >= 0.6 is 11.6 Å². The number of nitrogens with one attached hydrogen (secondary N) is 1. The van der Waals surface area contributed by atoms with Crippen molar-refractivity contribution in [2.75, 3.05) is 50.2 Å². The molecule has 0 bridgehead atoms. The normalized spacial score (nSPS) is 13.7. The molecule has 1 N–H and O–H groups in total. The van der Waals surface area contributed by atoms with Crippen LogP contribution in [0.4, 0.5) is 11.4 Å². The largest absolute Gasteiger partial charge is 0.484 e. The van der Waals surface area contributed by atoms with Crippen LogP contribution in [-0.2, 0) is 14.3 Å². The highest BCUT2D eigenvalue weighted by Gasteiger charge is 2.19. The number of rotatable bonds is 6. The zero-order valence-corrected chi connectivity index (χ0v) is 17.1. The molecule has 1 heterocycles. The van der Waals surface area contributed by atoms with Crippen molar-refractivity contribution in [3.63, 3.8) is 0 Å². The SMILES string of the molecule is COC(=O)c1ccc(N2CCOCC2)c(NC(=O)COc2ccc(Cl)c(C)c2)c1. The Morgan fingerprint density at radius 1 is 1.17 bits per heavy atom. The number of carbonyl (C=O) groups is 2. The molecule has 29 heavy (non-hydrogen) atoms. The summed E-state index contributed by atoms with van der Waals surface area (Å²) in [4.78, 5) is 26.5. The molecule has 8 heteroatoms. The molecule has 0 atom stereocenters. The summed E-state index contributed by atoms with van der Waals surface area (Å²) >= 11 is 6.01. The molecular formula is C21H23ClN2O5. The van der Waals surface area contributed by atoms with Crippen molar-refractivity contribution in [3.8, 4) is 5.75 Å². The number of methoxy groups -OCH3 is 1. The van der Waals surface area contributed by atoms with Gasteiger partial charge in [-0.1, -0.05) is 11.6 Å². The molecule has 154 valence electrons. The number of halogens is 1. The molecule has 0 saturated carbocycles. The van der Waals surface area contributed by atoms with Gasteiger partial charge in [-0.2, -0.15) is 0 Å². The zero-order chi connectivity index (χ0) is 20.8. The topological polar surface area (TPSA) is 77.1 Å². The Balaban J connectivity index is 1.74. The predicted octanol–water partition coefficient (Wildman–Crippen LogP) is 3.29. The molecule has 1 amide bonds. The van der Waals surface area contributed by atoms with Crippen molar-refractivity contribution in [1.29, 1.82) is 0 Å². The molecule has 1 fully saturated rings. The highest BCUT2D eigenvalue weighted by Crippen LogP contribution is 2.28. The van der Waals surface area contributed by atoms with Crippen molar-refractivity contribution in [2.45, 2.75) is 6.92 Å².